The molecule has 6 heteroatoms. The normalized spacial score (nSPS) is 10.5. The molecule has 6 nitrogen and oxygen atoms in total. The second-order valence-corrected chi connectivity index (χ2v) is 4.90. The van der Waals surface area contributed by atoms with Crippen LogP contribution in [0.2, 0.25) is 0 Å². The molecular weight excluding hydrogens is 282 g/mol. The van der Waals surface area contributed by atoms with Gasteiger partial charge in [-0.15, -0.1) is 0 Å². The number of para-hydroxylation sites is 2. The number of anilines is 1. The number of carbonyl (C=O) groups excluding carboxylic acids is 1. The summed E-state index contributed by atoms with van der Waals surface area (Å²) in [6.07, 6.45) is 0.164. The van der Waals surface area contributed by atoms with Crippen LogP contribution in [0.5, 0.6) is 11.8 Å². The topological polar surface area (TPSA) is 67.6 Å². The average Bonchev–Trinajstić information content (AvgIpc) is 2.89. The molecule has 0 radical (unpaired) electrons. The van der Waals surface area contributed by atoms with E-state index in [1.165, 1.54) is 4.90 Å². The second-order valence-electron chi connectivity index (χ2n) is 4.90. The van der Waals surface area contributed by atoms with Gasteiger partial charge >= 0.3 is 12.1 Å². The predicted octanol–water partition coefficient (Wildman–Crippen LogP) is 3.71. The smallest absolute Gasteiger partial charge is 0.400 e. The number of rotatable bonds is 3. The van der Waals surface area contributed by atoms with Crippen molar-refractivity contribution in [3.05, 3.63) is 48.5 Å². The van der Waals surface area contributed by atoms with Crippen LogP contribution in [0.1, 0.15) is 0 Å². The Balaban J connectivity index is 1.78. The van der Waals surface area contributed by atoms with Crippen LogP contribution in [0.3, 0.4) is 0 Å². The monoisotopic (exact) mass is 297 g/mol. The molecule has 22 heavy (non-hydrogen) atoms. The van der Waals surface area contributed by atoms with E-state index >= 15 is 0 Å². The maximum atomic E-state index is 11.6. The molecule has 3 aromatic rings. The van der Waals surface area contributed by atoms with Gasteiger partial charge in [-0.3, -0.25) is 0 Å². The highest BCUT2D eigenvalue weighted by molar-refractivity contribution is 5.89. The van der Waals surface area contributed by atoms with E-state index in [0.717, 1.165) is 5.52 Å². The van der Waals surface area contributed by atoms with E-state index in [2.05, 4.69) is 10.3 Å². The molecule has 0 aliphatic rings. The Morgan fingerprint density at radius 3 is 2.77 bits per heavy atom. The van der Waals surface area contributed by atoms with E-state index in [1.54, 1.807) is 38.4 Å². The molecule has 0 aliphatic carbocycles. The summed E-state index contributed by atoms with van der Waals surface area (Å²) >= 11 is 0. The quantitative estimate of drug-likeness (QED) is 0.800. The molecular formula is C16H15N3O3. The van der Waals surface area contributed by atoms with Gasteiger partial charge in [0.1, 0.15) is 11.3 Å². The Kier molecular flexibility index (Phi) is 3.65. The summed E-state index contributed by atoms with van der Waals surface area (Å²) in [5.41, 5.74) is 2.02. The molecule has 0 saturated heterocycles. The van der Waals surface area contributed by atoms with Gasteiger partial charge in [0.15, 0.2) is 5.58 Å². The van der Waals surface area contributed by atoms with Crippen LogP contribution < -0.4 is 10.1 Å². The minimum Gasteiger partial charge on any atom is -0.411 e. The Labute approximate surface area is 127 Å². The summed E-state index contributed by atoms with van der Waals surface area (Å²) < 4.78 is 11.1. The molecule has 1 aromatic heterocycles. The first-order valence-electron chi connectivity index (χ1n) is 6.73. The fraction of sp³-hybridized carbons (Fsp3) is 0.125. The van der Waals surface area contributed by atoms with E-state index in [1.807, 2.05) is 24.3 Å². The highest BCUT2D eigenvalue weighted by Gasteiger charge is 2.09. The molecule has 0 unspecified atom stereocenters. The lowest BCUT2D eigenvalue weighted by Crippen LogP contribution is -2.27. The van der Waals surface area contributed by atoms with Crippen LogP contribution in [-0.2, 0) is 0 Å². The van der Waals surface area contributed by atoms with Crippen molar-refractivity contribution < 1.29 is 13.9 Å². The molecule has 3 rings (SSSR count). The van der Waals surface area contributed by atoms with Crippen LogP contribution in [0.15, 0.2) is 52.9 Å². The van der Waals surface area contributed by atoms with Gasteiger partial charge in [0.2, 0.25) is 0 Å². The van der Waals surface area contributed by atoms with Gasteiger partial charge in [0.05, 0.1) is 0 Å². The predicted molar refractivity (Wildman–Crippen MR) is 83.2 cm³/mol. The van der Waals surface area contributed by atoms with Gasteiger partial charge in [-0.1, -0.05) is 18.2 Å². The lowest BCUT2D eigenvalue weighted by Gasteiger charge is -2.12. The number of fused-ring (bicyclic) bond motifs is 1. The van der Waals surface area contributed by atoms with Gasteiger partial charge in [0.25, 0.3) is 0 Å². The molecule has 0 atom stereocenters. The van der Waals surface area contributed by atoms with Crippen molar-refractivity contribution in [2.75, 3.05) is 19.4 Å². The van der Waals surface area contributed by atoms with Gasteiger partial charge in [-0.2, -0.15) is 4.98 Å². The van der Waals surface area contributed by atoms with Gasteiger partial charge < -0.3 is 19.4 Å². The molecule has 0 spiro atoms. The number of aromatic nitrogens is 1. The zero-order valence-corrected chi connectivity index (χ0v) is 12.2. The molecule has 1 heterocycles. The number of oxazole rings is 1. The van der Waals surface area contributed by atoms with E-state index in [-0.39, 0.29) is 12.1 Å². The summed E-state index contributed by atoms with van der Waals surface area (Å²) in [7, 11) is 3.35. The first-order chi connectivity index (χ1) is 10.6. The second kappa shape index (κ2) is 5.77. The highest BCUT2D eigenvalue weighted by Crippen LogP contribution is 2.26. The van der Waals surface area contributed by atoms with E-state index in [9.17, 15) is 4.79 Å². The Morgan fingerprint density at radius 1 is 1.18 bits per heavy atom. The zero-order chi connectivity index (χ0) is 15.5. The molecule has 0 saturated carbocycles. The van der Waals surface area contributed by atoms with Crippen LogP contribution in [0.25, 0.3) is 11.1 Å². The first-order valence-corrected chi connectivity index (χ1v) is 6.73. The lowest BCUT2D eigenvalue weighted by molar-refractivity contribution is 0.230. The summed E-state index contributed by atoms with van der Waals surface area (Å²) in [6.45, 7) is 0. The van der Waals surface area contributed by atoms with Crippen molar-refractivity contribution >= 4 is 22.8 Å². The number of carbonyl (C=O) groups is 1. The number of hydrogen-bond acceptors (Lipinski definition) is 4. The highest BCUT2D eigenvalue weighted by atomic mass is 16.6. The molecule has 2 amide bonds. The maximum Gasteiger partial charge on any atom is 0.400 e. The number of benzene rings is 2. The third-order valence-corrected chi connectivity index (χ3v) is 2.97. The maximum absolute atomic E-state index is 11.6. The van der Waals surface area contributed by atoms with Gasteiger partial charge in [-0.05, 0) is 24.3 Å². The average molecular weight is 297 g/mol. The van der Waals surface area contributed by atoms with Crippen molar-refractivity contribution in [1.82, 2.24) is 9.88 Å². The summed E-state index contributed by atoms with van der Waals surface area (Å²) in [5, 5.41) is 2.75. The van der Waals surface area contributed by atoms with E-state index < -0.39 is 0 Å². The molecule has 0 fully saturated rings. The van der Waals surface area contributed by atoms with Crippen molar-refractivity contribution in [3.63, 3.8) is 0 Å². The summed E-state index contributed by atoms with van der Waals surface area (Å²) in [4.78, 5) is 17.3. The standard InChI is InChI=1S/C16H15N3O3/c1-19(2)15(20)17-11-6-5-7-12(10-11)21-16-18-13-8-3-4-9-14(13)22-16/h3-10H,1-2H3,(H,17,20). The number of nitrogens with one attached hydrogen (secondary N) is 1. The van der Waals surface area contributed by atoms with Crippen molar-refractivity contribution in [2.24, 2.45) is 0 Å². The fourth-order valence-electron chi connectivity index (χ4n) is 1.87. The third kappa shape index (κ3) is 3.01. The minimum absolute atomic E-state index is 0.164. The molecule has 112 valence electrons. The first kappa shape index (κ1) is 13.9. The van der Waals surface area contributed by atoms with E-state index in [4.69, 9.17) is 9.15 Å². The Morgan fingerprint density at radius 2 is 2.00 bits per heavy atom. The van der Waals surface area contributed by atoms with Crippen molar-refractivity contribution in [1.29, 1.82) is 0 Å². The number of urea groups is 1. The minimum atomic E-state index is -0.209. The van der Waals surface area contributed by atoms with Crippen LogP contribution >= 0.6 is 0 Å². The number of nitrogens with zero attached hydrogens (tertiary/aromatic N) is 2. The molecule has 1 N–H and O–H groups in total. The van der Waals surface area contributed by atoms with Crippen molar-refractivity contribution in [3.8, 4) is 11.8 Å². The van der Waals surface area contributed by atoms with E-state index in [0.29, 0.717) is 17.0 Å². The number of amides is 2. The largest absolute Gasteiger partial charge is 0.411 e. The third-order valence-electron chi connectivity index (χ3n) is 2.97. The molecule has 2 aromatic carbocycles. The molecule has 0 bridgehead atoms. The summed E-state index contributed by atoms with van der Waals surface area (Å²) in [6, 6.07) is 14.2. The summed E-state index contributed by atoms with van der Waals surface area (Å²) in [5.74, 6) is 0.531. The van der Waals surface area contributed by atoms with Crippen LogP contribution in [-0.4, -0.2) is 30.0 Å². The van der Waals surface area contributed by atoms with Gasteiger partial charge in [-0.25, -0.2) is 4.79 Å². The lowest BCUT2D eigenvalue weighted by atomic mass is 10.3. The van der Waals surface area contributed by atoms with Gasteiger partial charge in [0, 0.05) is 25.8 Å². The Bertz CT molecular complexity index is 778. The zero-order valence-electron chi connectivity index (χ0n) is 12.2. The number of ether oxygens (including phenoxy) is 1. The number of hydrogen-bond donors (Lipinski definition) is 1. The SMILES string of the molecule is CN(C)C(=O)Nc1cccc(Oc2nc3ccccc3o2)c1. The van der Waals surface area contributed by atoms with Crippen LogP contribution in [0.4, 0.5) is 10.5 Å². The Hall–Kier alpha value is -3.02. The van der Waals surface area contributed by atoms with Crippen LogP contribution in [0, 0.1) is 0 Å². The van der Waals surface area contributed by atoms with Crippen molar-refractivity contribution in [2.45, 2.75) is 0 Å². The molecule has 0 aliphatic heterocycles. The fourth-order valence-corrected chi connectivity index (χ4v) is 1.87.